The third-order valence-corrected chi connectivity index (χ3v) is 3.22. The first kappa shape index (κ1) is 11.6. The van der Waals surface area contributed by atoms with Gasteiger partial charge in [0.1, 0.15) is 11.4 Å². The predicted molar refractivity (Wildman–Crippen MR) is 60.0 cm³/mol. The third kappa shape index (κ3) is 2.43. The Bertz CT molecular complexity index is 362. The molecule has 90 valence electrons. The van der Waals surface area contributed by atoms with E-state index in [2.05, 4.69) is 9.88 Å². The molecule has 2 atom stereocenters. The summed E-state index contributed by atoms with van der Waals surface area (Å²) in [7, 11) is 0. The smallest absolute Gasteiger partial charge is 0.211 e. The molecule has 16 heavy (non-hydrogen) atoms. The second kappa shape index (κ2) is 4.17. The summed E-state index contributed by atoms with van der Waals surface area (Å²) in [5, 5.41) is 0. The van der Waals surface area contributed by atoms with Gasteiger partial charge < -0.3 is 4.42 Å². The molecule has 1 fully saturated rings. The zero-order valence-electron chi connectivity index (χ0n) is 10.2. The van der Waals surface area contributed by atoms with E-state index in [4.69, 9.17) is 4.42 Å². The zero-order chi connectivity index (χ0) is 11.8. The van der Waals surface area contributed by atoms with Gasteiger partial charge in [0.05, 0.1) is 12.2 Å². The van der Waals surface area contributed by atoms with E-state index >= 15 is 0 Å². The summed E-state index contributed by atoms with van der Waals surface area (Å²) in [6.45, 7) is 6.95. The van der Waals surface area contributed by atoms with Crippen molar-refractivity contribution < 1.29 is 8.81 Å². The number of piperidine rings is 1. The van der Waals surface area contributed by atoms with Gasteiger partial charge >= 0.3 is 0 Å². The van der Waals surface area contributed by atoms with E-state index in [1.807, 2.05) is 13.8 Å². The molecule has 0 saturated carbocycles. The number of likely N-dealkylation sites (tertiary alicyclic amines) is 1. The van der Waals surface area contributed by atoms with Crippen LogP contribution in [0.1, 0.15) is 44.4 Å². The Morgan fingerprint density at radius 3 is 2.94 bits per heavy atom. The Kier molecular flexibility index (Phi) is 3.02. The van der Waals surface area contributed by atoms with Crippen LogP contribution in [0.15, 0.2) is 10.6 Å². The number of hydrogen-bond acceptors (Lipinski definition) is 3. The van der Waals surface area contributed by atoms with E-state index in [1.165, 1.54) is 0 Å². The molecule has 0 amide bonds. The normalized spacial score (nSPS) is 29.2. The first-order valence-corrected chi connectivity index (χ1v) is 5.83. The third-order valence-electron chi connectivity index (χ3n) is 3.22. The van der Waals surface area contributed by atoms with Gasteiger partial charge in [-0.05, 0) is 40.2 Å². The lowest BCUT2D eigenvalue weighted by Crippen LogP contribution is -2.44. The van der Waals surface area contributed by atoms with Crippen molar-refractivity contribution in [2.24, 2.45) is 0 Å². The molecule has 1 aromatic heterocycles. The summed E-state index contributed by atoms with van der Waals surface area (Å²) in [5.74, 6) is 1.50. The fourth-order valence-corrected chi connectivity index (χ4v) is 2.28. The highest BCUT2D eigenvalue weighted by Crippen LogP contribution is 2.30. The second-order valence-electron chi connectivity index (χ2n) is 4.97. The number of nitrogens with zero attached hydrogens (tertiary/aromatic N) is 2. The molecule has 1 aliphatic heterocycles. The van der Waals surface area contributed by atoms with Gasteiger partial charge in [0.25, 0.3) is 0 Å². The monoisotopic (exact) mass is 226 g/mol. The number of rotatable bonds is 2. The summed E-state index contributed by atoms with van der Waals surface area (Å²) in [6.07, 6.45) is 3.27. The van der Waals surface area contributed by atoms with Gasteiger partial charge in [0.2, 0.25) is 5.89 Å². The highest BCUT2D eigenvalue weighted by Gasteiger charge is 2.34. The molecule has 2 rings (SSSR count). The van der Waals surface area contributed by atoms with Gasteiger partial charge in [0.15, 0.2) is 0 Å². The Hall–Kier alpha value is -0.900. The van der Waals surface area contributed by atoms with Crippen LogP contribution in [0.25, 0.3) is 0 Å². The Morgan fingerprint density at radius 2 is 2.38 bits per heavy atom. The van der Waals surface area contributed by atoms with E-state index in [9.17, 15) is 4.39 Å². The number of halogens is 1. The van der Waals surface area contributed by atoms with Crippen LogP contribution in [-0.2, 0) is 0 Å². The molecule has 3 nitrogen and oxygen atoms in total. The molecular weight excluding hydrogens is 207 g/mol. The van der Waals surface area contributed by atoms with E-state index in [1.54, 1.807) is 13.1 Å². The topological polar surface area (TPSA) is 29.3 Å². The number of oxazole rings is 1. The van der Waals surface area contributed by atoms with Crippen molar-refractivity contribution in [2.45, 2.75) is 45.3 Å². The first-order chi connectivity index (χ1) is 7.48. The number of aryl methyl sites for hydroxylation is 1. The fraction of sp³-hybridized carbons (Fsp3) is 0.750. The molecule has 0 aromatic carbocycles. The van der Waals surface area contributed by atoms with Crippen LogP contribution in [0, 0.1) is 6.92 Å². The highest BCUT2D eigenvalue weighted by molar-refractivity contribution is 4.97. The largest absolute Gasteiger partial charge is 0.444 e. The number of alkyl halides is 1. The van der Waals surface area contributed by atoms with Crippen molar-refractivity contribution in [3.63, 3.8) is 0 Å². The molecule has 1 saturated heterocycles. The lowest BCUT2D eigenvalue weighted by Gasteiger charge is -2.37. The molecular formula is C12H19FN2O. The predicted octanol–water partition coefficient (Wildman–Crippen LogP) is 2.87. The van der Waals surface area contributed by atoms with Crippen molar-refractivity contribution in [1.82, 2.24) is 9.88 Å². The fourth-order valence-electron chi connectivity index (χ4n) is 2.28. The van der Waals surface area contributed by atoms with Crippen molar-refractivity contribution in [1.29, 1.82) is 0 Å². The van der Waals surface area contributed by atoms with Gasteiger partial charge in [0, 0.05) is 6.54 Å². The van der Waals surface area contributed by atoms with Gasteiger partial charge in [-0.1, -0.05) is 0 Å². The van der Waals surface area contributed by atoms with Crippen LogP contribution in [0.2, 0.25) is 0 Å². The summed E-state index contributed by atoms with van der Waals surface area (Å²) in [5.41, 5.74) is -1.08. The van der Waals surface area contributed by atoms with Crippen LogP contribution in [0.4, 0.5) is 4.39 Å². The maximum Gasteiger partial charge on any atom is 0.211 e. The molecule has 1 aliphatic rings. The standard InChI is InChI=1S/C12H19FN2O/c1-9-7-14-11(16-9)10(2)15-6-4-5-12(3,13)8-15/h7,10H,4-6,8H2,1-3H3/t10-,12-/m0/s1. The number of hydrogen-bond donors (Lipinski definition) is 0. The SMILES string of the molecule is Cc1cnc([C@H](C)N2CCC[C@](C)(F)C2)o1. The van der Waals surface area contributed by atoms with Gasteiger partial charge in [-0.25, -0.2) is 9.37 Å². The zero-order valence-corrected chi connectivity index (χ0v) is 10.2. The summed E-state index contributed by atoms with van der Waals surface area (Å²) in [6, 6.07) is 0.0593. The molecule has 0 aliphatic carbocycles. The quantitative estimate of drug-likeness (QED) is 0.776. The lowest BCUT2D eigenvalue weighted by atomic mass is 9.96. The summed E-state index contributed by atoms with van der Waals surface area (Å²) >= 11 is 0. The lowest BCUT2D eigenvalue weighted by molar-refractivity contribution is 0.0322. The Balaban J connectivity index is 2.07. The van der Waals surface area contributed by atoms with Crippen molar-refractivity contribution in [2.75, 3.05) is 13.1 Å². The molecule has 4 heteroatoms. The van der Waals surface area contributed by atoms with Crippen LogP contribution in [-0.4, -0.2) is 28.6 Å². The van der Waals surface area contributed by atoms with E-state index in [0.29, 0.717) is 18.9 Å². The van der Waals surface area contributed by atoms with Gasteiger partial charge in [-0.3, -0.25) is 4.90 Å². The van der Waals surface area contributed by atoms with E-state index in [0.717, 1.165) is 18.7 Å². The molecule has 1 aromatic rings. The highest BCUT2D eigenvalue weighted by atomic mass is 19.1. The minimum atomic E-state index is -1.08. The maximum atomic E-state index is 13.9. The minimum absolute atomic E-state index is 0.0593. The van der Waals surface area contributed by atoms with Crippen LogP contribution in [0.5, 0.6) is 0 Å². The summed E-state index contributed by atoms with van der Waals surface area (Å²) < 4.78 is 19.4. The molecule has 0 spiro atoms. The average Bonchev–Trinajstić information content (AvgIpc) is 2.62. The Morgan fingerprint density at radius 1 is 1.62 bits per heavy atom. The molecule has 0 N–H and O–H groups in total. The van der Waals surface area contributed by atoms with E-state index in [-0.39, 0.29) is 6.04 Å². The first-order valence-electron chi connectivity index (χ1n) is 5.83. The molecule has 0 radical (unpaired) electrons. The number of aromatic nitrogens is 1. The molecule has 2 heterocycles. The van der Waals surface area contributed by atoms with Crippen LogP contribution < -0.4 is 0 Å². The second-order valence-corrected chi connectivity index (χ2v) is 4.97. The summed E-state index contributed by atoms with van der Waals surface area (Å²) in [4.78, 5) is 6.31. The van der Waals surface area contributed by atoms with Crippen LogP contribution >= 0.6 is 0 Å². The molecule has 0 bridgehead atoms. The van der Waals surface area contributed by atoms with Gasteiger partial charge in [-0.15, -0.1) is 0 Å². The average molecular weight is 226 g/mol. The van der Waals surface area contributed by atoms with E-state index < -0.39 is 5.67 Å². The van der Waals surface area contributed by atoms with Gasteiger partial charge in [-0.2, -0.15) is 0 Å². The van der Waals surface area contributed by atoms with Crippen molar-refractivity contribution in [3.05, 3.63) is 17.8 Å². The maximum absolute atomic E-state index is 13.9. The minimum Gasteiger partial charge on any atom is -0.444 e. The van der Waals surface area contributed by atoms with Crippen LogP contribution in [0.3, 0.4) is 0 Å². The van der Waals surface area contributed by atoms with Crippen molar-refractivity contribution >= 4 is 0 Å². The Labute approximate surface area is 95.6 Å². The van der Waals surface area contributed by atoms with Crippen molar-refractivity contribution in [3.8, 4) is 0 Å². The molecule has 0 unspecified atom stereocenters.